The van der Waals surface area contributed by atoms with Gasteiger partial charge in [0.1, 0.15) is 0 Å². The van der Waals surface area contributed by atoms with E-state index in [0.717, 1.165) is 33.8 Å². The van der Waals surface area contributed by atoms with Crippen LogP contribution in [0, 0.1) is 0 Å². The second-order valence-corrected chi connectivity index (χ2v) is 21.7. The Labute approximate surface area is 413 Å². The third kappa shape index (κ3) is 5.67. The van der Waals surface area contributed by atoms with E-state index in [0.29, 0.717) is 5.82 Å². The van der Waals surface area contributed by atoms with E-state index in [1.54, 1.807) is 0 Å². The quantitative estimate of drug-likeness (QED) is 0.172. The summed E-state index contributed by atoms with van der Waals surface area (Å²) in [5.74, 6) is 0.715. The van der Waals surface area contributed by atoms with Gasteiger partial charge in [-0.3, -0.25) is 0 Å². The molecule has 5 heterocycles. The Hall–Kier alpha value is -8.26. The number of rotatable bonds is 5. The maximum atomic E-state index is 5.35. The number of hydrogen-bond donors (Lipinski definition) is 0. The summed E-state index contributed by atoms with van der Waals surface area (Å²) in [4.78, 5) is 12.1. The maximum absolute atomic E-state index is 5.35. The molecule has 10 aromatic carbocycles. The Kier molecular flexibility index (Phi) is 8.08. The summed E-state index contributed by atoms with van der Waals surface area (Å²) in [7, 11) is 0. The lowest BCUT2D eigenvalue weighted by atomic mass is 9.98. The van der Waals surface area contributed by atoms with Crippen LogP contribution in [0.15, 0.2) is 212 Å². The molecular formula is C64H35N3S3. The summed E-state index contributed by atoms with van der Waals surface area (Å²) in [6.07, 6.45) is 0. The van der Waals surface area contributed by atoms with E-state index < -0.39 is 0 Å². The van der Waals surface area contributed by atoms with Crippen molar-refractivity contribution >= 4 is 117 Å². The van der Waals surface area contributed by atoms with Gasteiger partial charge in [0, 0.05) is 99.6 Å². The number of hydrogen-bond acceptors (Lipinski definition) is 5. The van der Waals surface area contributed by atoms with Crippen LogP contribution >= 0.6 is 34.0 Å². The van der Waals surface area contributed by atoms with Gasteiger partial charge in [-0.2, -0.15) is 0 Å². The predicted octanol–water partition coefficient (Wildman–Crippen LogP) is 19.0. The first-order chi connectivity index (χ1) is 34.6. The number of aromatic nitrogens is 3. The molecule has 16 rings (SSSR count). The molecule has 6 heteroatoms. The summed E-state index contributed by atoms with van der Waals surface area (Å²) in [5.41, 5.74) is 14.9. The number of thiophene rings is 3. The molecule has 70 heavy (non-hydrogen) atoms. The van der Waals surface area contributed by atoms with Crippen LogP contribution in [0.4, 0.5) is 0 Å². The van der Waals surface area contributed by atoms with Crippen LogP contribution in [-0.2, 0) is 0 Å². The van der Waals surface area contributed by atoms with Gasteiger partial charge in [-0.25, -0.2) is 9.97 Å². The second-order valence-electron chi connectivity index (χ2n) is 18.4. The molecule has 0 spiro atoms. The average Bonchev–Trinajstić information content (AvgIpc) is 4.23. The molecule has 0 unspecified atom stereocenters. The minimum atomic E-state index is 0.715. The Bertz CT molecular complexity index is 4580. The lowest BCUT2D eigenvalue weighted by Gasteiger charge is -2.12. The van der Waals surface area contributed by atoms with Crippen LogP contribution in [0.3, 0.4) is 0 Å². The van der Waals surface area contributed by atoms with Gasteiger partial charge < -0.3 is 4.57 Å². The van der Waals surface area contributed by atoms with E-state index in [4.69, 9.17) is 9.97 Å². The summed E-state index contributed by atoms with van der Waals surface area (Å²) in [6.45, 7) is 0. The number of fused-ring (bicyclic) bond motifs is 14. The highest BCUT2D eigenvalue weighted by atomic mass is 32.1. The van der Waals surface area contributed by atoms with Crippen LogP contribution < -0.4 is 0 Å². The Morgan fingerprint density at radius 1 is 0.329 bits per heavy atom. The van der Waals surface area contributed by atoms with Gasteiger partial charge in [0.2, 0.25) is 0 Å². The third-order valence-corrected chi connectivity index (χ3v) is 18.1. The first-order valence-electron chi connectivity index (χ1n) is 23.6. The number of para-hydroxylation sites is 1. The van der Waals surface area contributed by atoms with Crippen LogP contribution in [0.1, 0.15) is 0 Å². The van der Waals surface area contributed by atoms with Gasteiger partial charge in [0.25, 0.3) is 0 Å². The fraction of sp³-hybridized carbons (Fsp3) is 0. The normalized spacial score (nSPS) is 12.3. The molecule has 0 N–H and O–H groups in total. The van der Waals surface area contributed by atoms with Crippen molar-refractivity contribution in [2.75, 3.05) is 0 Å². The Morgan fingerprint density at radius 2 is 0.857 bits per heavy atom. The summed E-state index contributed by atoms with van der Waals surface area (Å²) >= 11 is 5.58. The molecule has 0 bridgehead atoms. The summed E-state index contributed by atoms with van der Waals surface area (Å²) in [6, 6.07) is 78.2. The van der Waals surface area contributed by atoms with E-state index >= 15 is 0 Å². The highest BCUT2D eigenvalue weighted by molar-refractivity contribution is 7.26. The van der Waals surface area contributed by atoms with Crippen molar-refractivity contribution in [3.8, 4) is 72.3 Å². The molecular weight excluding hydrogens is 907 g/mol. The highest BCUT2D eigenvalue weighted by Gasteiger charge is 2.26. The summed E-state index contributed by atoms with van der Waals surface area (Å²) < 4.78 is 8.86. The van der Waals surface area contributed by atoms with Crippen LogP contribution in [0.5, 0.6) is 0 Å². The van der Waals surface area contributed by atoms with Gasteiger partial charge >= 0.3 is 0 Å². The van der Waals surface area contributed by atoms with Gasteiger partial charge in [-0.1, -0.05) is 121 Å². The molecule has 0 saturated heterocycles. The molecule has 1 aliphatic carbocycles. The topological polar surface area (TPSA) is 30.7 Å². The van der Waals surface area contributed by atoms with Gasteiger partial charge in [0.15, 0.2) is 5.82 Å². The molecule has 0 amide bonds. The zero-order valence-corrected chi connectivity index (χ0v) is 39.7. The fourth-order valence-corrected chi connectivity index (χ4v) is 14.7. The molecule has 0 atom stereocenters. The van der Waals surface area contributed by atoms with E-state index in [2.05, 4.69) is 217 Å². The first kappa shape index (κ1) is 38.7. The van der Waals surface area contributed by atoms with Crippen LogP contribution in [0.2, 0.25) is 0 Å². The molecule has 0 radical (unpaired) electrons. The lowest BCUT2D eigenvalue weighted by molar-refractivity contribution is 1.17. The van der Waals surface area contributed by atoms with Crippen molar-refractivity contribution in [2.24, 2.45) is 0 Å². The minimum absolute atomic E-state index is 0.715. The zero-order chi connectivity index (χ0) is 45.6. The Balaban J connectivity index is 0.809. The van der Waals surface area contributed by atoms with Gasteiger partial charge in [-0.05, 0) is 118 Å². The lowest BCUT2D eigenvalue weighted by Crippen LogP contribution is -1.97. The standard InChI is InChI=1S/C64H35N3S3/c1-4-16-54-43(11-1)48-31-38(39-22-28-60-51(32-39)62-46-14-7-9-37-10-8-15-47(61(37)46)63(62)70-60)21-27-55(48)67(54)42-25-19-36(20-26-42)52-35-53(40-23-29-58-49(33-40)44-12-2-5-17-56(44)68-58)66-64(65-52)41-24-30-59-50(34-41)45-13-3-6-18-57(45)69-59/h1-35H. The second kappa shape index (κ2) is 14.6. The van der Waals surface area contributed by atoms with Crippen molar-refractivity contribution in [3.05, 3.63) is 212 Å². The largest absolute Gasteiger partial charge is 0.309 e. The van der Waals surface area contributed by atoms with Crippen molar-refractivity contribution in [2.45, 2.75) is 0 Å². The van der Waals surface area contributed by atoms with E-state index in [1.165, 1.54) is 116 Å². The van der Waals surface area contributed by atoms with Crippen molar-refractivity contribution in [1.82, 2.24) is 14.5 Å². The SMILES string of the molecule is c1cc2c3c(cccc3c1)-c1c-2sc2ccc(-c3ccc4c(c3)c3ccccc3n4-c3ccc(-c4cc(-c5ccc6sc7ccccc7c6c5)nc(-c5ccc6sc7ccccc7c6c5)n4)cc3)cc12. The smallest absolute Gasteiger partial charge is 0.160 e. The average molecular weight is 942 g/mol. The van der Waals surface area contributed by atoms with Crippen molar-refractivity contribution in [1.29, 1.82) is 0 Å². The molecule has 0 fully saturated rings. The van der Waals surface area contributed by atoms with Crippen LogP contribution in [-0.4, -0.2) is 14.5 Å². The number of nitrogens with zero attached hydrogens (tertiary/aromatic N) is 3. The van der Waals surface area contributed by atoms with E-state index in [9.17, 15) is 0 Å². The fourth-order valence-electron chi connectivity index (χ4n) is 11.3. The zero-order valence-electron chi connectivity index (χ0n) is 37.3. The third-order valence-electron chi connectivity index (χ3n) is 14.6. The molecule has 324 valence electrons. The molecule has 1 aliphatic rings. The molecule has 0 aliphatic heterocycles. The van der Waals surface area contributed by atoms with Crippen molar-refractivity contribution < 1.29 is 0 Å². The predicted molar refractivity (Wildman–Crippen MR) is 301 cm³/mol. The summed E-state index contributed by atoms with van der Waals surface area (Å²) in [5, 5.41) is 11.5. The molecule has 3 nitrogen and oxygen atoms in total. The van der Waals surface area contributed by atoms with Gasteiger partial charge in [-0.15, -0.1) is 34.0 Å². The first-order valence-corrected chi connectivity index (χ1v) is 26.1. The van der Waals surface area contributed by atoms with Crippen LogP contribution in [0.25, 0.3) is 155 Å². The molecule has 15 aromatic rings. The monoisotopic (exact) mass is 941 g/mol. The highest BCUT2D eigenvalue weighted by Crippen LogP contribution is 2.55. The number of benzene rings is 10. The van der Waals surface area contributed by atoms with Crippen molar-refractivity contribution in [3.63, 3.8) is 0 Å². The van der Waals surface area contributed by atoms with Gasteiger partial charge in [0.05, 0.1) is 22.4 Å². The Morgan fingerprint density at radius 3 is 1.60 bits per heavy atom. The molecule has 0 saturated carbocycles. The minimum Gasteiger partial charge on any atom is -0.309 e. The molecule has 5 aromatic heterocycles. The van der Waals surface area contributed by atoms with E-state index in [-0.39, 0.29) is 0 Å². The maximum Gasteiger partial charge on any atom is 0.160 e. The van der Waals surface area contributed by atoms with E-state index in [1.807, 2.05) is 34.0 Å².